The fourth-order valence-corrected chi connectivity index (χ4v) is 9.65. The summed E-state index contributed by atoms with van der Waals surface area (Å²) in [6, 6.07) is 22.5. The molecule has 0 amide bonds. The van der Waals surface area contributed by atoms with Gasteiger partial charge in [-0.25, -0.2) is 0 Å². The summed E-state index contributed by atoms with van der Waals surface area (Å²) in [4.78, 5) is 10.9. The Morgan fingerprint density at radius 2 is 0.882 bits per heavy atom. The highest BCUT2D eigenvalue weighted by atomic mass is 32.1. The molecule has 0 spiro atoms. The van der Waals surface area contributed by atoms with Gasteiger partial charge in [-0.3, -0.25) is 9.97 Å². The van der Waals surface area contributed by atoms with Gasteiger partial charge in [0.2, 0.25) is 0 Å². The molecule has 0 aliphatic rings. The van der Waals surface area contributed by atoms with Gasteiger partial charge in [0, 0.05) is 64.1 Å². The Morgan fingerprint density at radius 1 is 0.441 bits per heavy atom. The zero-order valence-electron chi connectivity index (χ0n) is 17.6. The SMILES string of the molecule is c1cc(-c2cc3cc4c(cc3s2)sc2c3cc5cc(-c6ccncc6)sc5cc3sc42)ccn1. The first-order chi connectivity index (χ1) is 16.8. The van der Waals surface area contributed by atoms with Crippen molar-refractivity contribution in [1.82, 2.24) is 9.97 Å². The fraction of sp³-hybridized carbons (Fsp3) is 0. The molecule has 6 heterocycles. The topological polar surface area (TPSA) is 25.8 Å². The van der Waals surface area contributed by atoms with Crippen molar-refractivity contribution in [2.75, 3.05) is 0 Å². The lowest BCUT2D eigenvalue weighted by atomic mass is 10.1. The third kappa shape index (κ3) is 2.83. The lowest BCUT2D eigenvalue weighted by Gasteiger charge is -1.93. The summed E-state index contributed by atoms with van der Waals surface area (Å²) >= 11 is 7.59. The summed E-state index contributed by atoms with van der Waals surface area (Å²) < 4.78 is 8.28. The molecule has 160 valence electrons. The van der Waals surface area contributed by atoms with Crippen molar-refractivity contribution in [3.05, 3.63) is 85.5 Å². The molecule has 8 aromatic rings. The zero-order chi connectivity index (χ0) is 22.2. The van der Waals surface area contributed by atoms with Crippen LogP contribution in [0.25, 0.3) is 70.6 Å². The van der Waals surface area contributed by atoms with Crippen molar-refractivity contribution < 1.29 is 0 Å². The summed E-state index contributed by atoms with van der Waals surface area (Å²) in [5.41, 5.74) is 2.47. The molecule has 0 aliphatic carbocycles. The van der Waals surface area contributed by atoms with Gasteiger partial charge in [-0.15, -0.1) is 45.3 Å². The number of rotatable bonds is 2. The van der Waals surface area contributed by atoms with Crippen LogP contribution >= 0.6 is 45.3 Å². The van der Waals surface area contributed by atoms with Gasteiger partial charge in [0.25, 0.3) is 0 Å². The van der Waals surface area contributed by atoms with Crippen molar-refractivity contribution >= 4 is 95.1 Å². The molecule has 0 unspecified atom stereocenters. The van der Waals surface area contributed by atoms with E-state index in [0.717, 1.165) is 0 Å². The number of benzene rings is 2. The van der Waals surface area contributed by atoms with Crippen molar-refractivity contribution in [2.45, 2.75) is 0 Å². The lowest BCUT2D eigenvalue weighted by molar-refractivity contribution is 1.33. The van der Waals surface area contributed by atoms with Crippen molar-refractivity contribution in [2.24, 2.45) is 0 Å². The molecule has 0 radical (unpaired) electrons. The number of hydrogen-bond donors (Lipinski definition) is 0. The van der Waals surface area contributed by atoms with Gasteiger partial charge in [0.1, 0.15) is 0 Å². The van der Waals surface area contributed by atoms with Crippen LogP contribution in [0.15, 0.2) is 85.5 Å². The number of aromatic nitrogens is 2. The van der Waals surface area contributed by atoms with Gasteiger partial charge in [-0.05, 0) is 82.6 Å². The number of thiophene rings is 4. The van der Waals surface area contributed by atoms with Crippen LogP contribution in [-0.2, 0) is 0 Å². The van der Waals surface area contributed by atoms with Gasteiger partial charge in [-0.1, -0.05) is 0 Å². The van der Waals surface area contributed by atoms with E-state index in [9.17, 15) is 0 Å². The summed E-state index contributed by atoms with van der Waals surface area (Å²) in [7, 11) is 0. The Kier molecular flexibility index (Phi) is 4.04. The Hall–Kier alpha value is -3.16. The number of pyridine rings is 2. The highest BCUT2D eigenvalue weighted by molar-refractivity contribution is 7.37. The third-order valence-electron chi connectivity index (χ3n) is 6.29. The molecule has 0 fully saturated rings. The molecule has 0 atom stereocenters. The smallest absolute Gasteiger partial charge is 0.0542 e. The van der Waals surface area contributed by atoms with E-state index in [0.29, 0.717) is 0 Å². The quantitative estimate of drug-likeness (QED) is 0.233. The minimum atomic E-state index is 1.23. The summed E-state index contributed by atoms with van der Waals surface area (Å²) in [6.45, 7) is 0. The number of nitrogens with zero attached hydrogens (tertiary/aromatic N) is 2. The Bertz CT molecular complexity index is 1860. The first kappa shape index (κ1) is 19.2. The third-order valence-corrected chi connectivity index (χ3v) is 11.1. The van der Waals surface area contributed by atoms with E-state index < -0.39 is 0 Å². The molecule has 34 heavy (non-hydrogen) atoms. The normalized spacial score (nSPS) is 12.1. The average molecular weight is 507 g/mol. The highest BCUT2D eigenvalue weighted by Crippen LogP contribution is 2.48. The second-order valence-corrected chi connectivity index (χ2v) is 12.6. The summed E-state index contributed by atoms with van der Waals surface area (Å²) in [5, 5.41) is 5.41. The van der Waals surface area contributed by atoms with Gasteiger partial charge in [0.15, 0.2) is 0 Å². The molecule has 6 heteroatoms. The van der Waals surface area contributed by atoms with Gasteiger partial charge in [0.05, 0.1) is 9.40 Å². The monoisotopic (exact) mass is 506 g/mol. The Morgan fingerprint density at radius 3 is 1.32 bits per heavy atom. The molecule has 0 N–H and O–H groups in total. The standard InChI is InChI=1S/C28H14N2S4/c1-5-29-6-2-15(1)21-11-17-9-19-25(13-23(17)31-21)33-28-20-10-18-12-22(16-3-7-30-8-4-16)32-24(18)14-26(20)34-27(19)28/h1-14H. The first-order valence-electron chi connectivity index (χ1n) is 10.9. The first-order valence-corrected chi connectivity index (χ1v) is 14.1. The van der Waals surface area contributed by atoms with E-state index in [-0.39, 0.29) is 0 Å². The van der Waals surface area contributed by atoms with Crippen LogP contribution in [0.3, 0.4) is 0 Å². The minimum absolute atomic E-state index is 1.23. The van der Waals surface area contributed by atoms with Gasteiger partial charge >= 0.3 is 0 Å². The van der Waals surface area contributed by atoms with Crippen LogP contribution in [0, 0.1) is 0 Å². The predicted octanol–water partition coefficient (Wildman–Crippen LogP) is 9.82. The lowest BCUT2D eigenvalue weighted by Crippen LogP contribution is -1.71. The molecule has 2 aromatic carbocycles. The van der Waals surface area contributed by atoms with Crippen LogP contribution in [0.4, 0.5) is 0 Å². The van der Waals surface area contributed by atoms with E-state index >= 15 is 0 Å². The largest absolute Gasteiger partial charge is 0.265 e. The van der Waals surface area contributed by atoms with Crippen LogP contribution in [-0.4, -0.2) is 9.97 Å². The van der Waals surface area contributed by atoms with Gasteiger partial charge in [-0.2, -0.15) is 0 Å². The minimum Gasteiger partial charge on any atom is -0.265 e. The van der Waals surface area contributed by atoms with Crippen LogP contribution in [0.5, 0.6) is 0 Å². The maximum atomic E-state index is 4.16. The number of fused-ring (bicyclic) bond motifs is 7. The molecule has 2 nitrogen and oxygen atoms in total. The summed E-state index contributed by atoms with van der Waals surface area (Å²) in [5.74, 6) is 0. The zero-order valence-corrected chi connectivity index (χ0v) is 20.9. The maximum Gasteiger partial charge on any atom is 0.0542 e. The van der Waals surface area contributed by atoms with E-state index in [2.05, 4.69) is 70.6 Å². The average Bonchev–Trinajstić information content (AvgIpc) is 3.63. The van der Waals surface area contributed by atoms with Crippen LogP contribution in [0.2, 0.25) is 0 Å². The van der Waals surface area contributed by atoms with E-state index in [1.165, 1.54) is 70.6 Å². The fourth-order valence-electron chi connectivity index (χ4n) is 4.64. The summed E-state index contributed by atoms with van der Waals surface area (Å²) in [6.07, 6.45) is 7.46. The van der Waals surface area contributed by atoms with Crippen LogP contribution < -0.4 is 0 Å². The maximum absolute atomic E-state index is 4.16. The second-order valence-electron chi connectivity index (χ2n) is 8.33. The molecule has 8 rings (SSSR count). The molecule has 6 aromatic heterocycles. The molecular formula is C28H14N2S4. The van der Waals surface area contributed by atoms with Crippen LogP contribution in [0.1, 0.15) is 0 Å². The molecular weight excluding hydrogens is 493 g/mol. The van der Waals surface area contributed by atoms with E-state index in [1.807, 2.05) is 70.1 Å². The predicted molar refractivity (Wildman–Crippen MR) is 152 cm³/mol. The molecule has 0 aliphatic heterocycles. The van der Waals surface area contributed by atoms with Crippen molar-refractivity contribution in [1.29, 1.82) is 0 Å². The Balaban J connectivity index is 1.32. The molecule has 0 bridgehead atoms. The van der Waals surface area contributed by atoms with Crippen molar-refractivity contribution in [3.8, 4) is 20.9 Å². The molecule has 0 saturated heterocycles. The Labute approximate surface area is 210 Å². The van der Waals surface area contributed by atoms with E-state index in [4.69, 9.17) is 0 Å². The highest BCUT2D eigenvalue weighted by Gasteiger charge is 2.16. The number of hydrogen-bond acceptors (Lipinski definition) is 6. The van der Waals surface area contributed by atoms with Gasteiger partial charge < -0.3 is 0 Å². The second kappa shape index (κ2) is 7.17. The molecule has 0 saturated carbocycles. The van der Waals surface area contributed by atoms with Crippen molar-refractivity contribution in [3.63, 3.8) is 0 Å². The van der Waals surface area contributed by atoms with E-state index in [1.54, 1.807) is 0 Å².